The Labute approximate surface area is 66.7 Å². The van der Waals surface area contributed by atoms with Gasteiger partial charge in [-0.3, -0.25) is 0 Å². The summed E-state index contributed by atoms with van der Waals surface area (Å²) >= 11 is 0. The first kappa shape index (κ1) is 8.24. The Bertz CT molecular complexity index is 208. The molecule has 3 N–H and O–H groups in total. The zero-order chi connectivity index (χ0) is 8.27. The average Bonchev–Trinajstić information content (AvgIpc) is 2.05. The molecule has 0 saturated heterocycles. The molecule has 11 heavy (non-hydrogen) atoms. The van der Waals surface area contributed by atoms with Crippen molar-refractivity contribution in [2.24, 2.45) is 5.73 Å². The van der Waals surface area contributed by atoms with Gasteiger partial charge in [0.05, 0.1) is 12.1 Å². The summed E-state index contributed by atoms with van der Waals surface area (Å²) in [5, 5.41) is 9.15. The lowest BCUT2D eigenvalue weighted by atomic mass is 10.0. The summed E-state index contributed by atoms with van der Waals surface area (Å²) in [5.41, 5.74) is 6.66. The molecule has 2 atom stereocenters. The van der Waals surface area contributed by atoms with E-state index in [1.54, 1.807) is 6.92 Å². The van der Waals surface area contributed by atoms with Crippen LogP contribution in [0.4, 0.5) is 0 Å². The summed E-state index contributed by atoms with van der Waals surface area (Å²) in [7, 11) is 0. The van der Waals surface area contributed by atoms with Crippen LogP contribution in [0.1, 0.15) is 18.5 Å². The van der Waals surface area contributed by atoms with Gasteiger partial charge in [-0.15, -0.1) is 0 Å². The predicted octanol–water partition coefficient (Wildman–Crippen LogP) is 1.07. The maximum absolute atomic E-state index is 9.15. The molecule has 0 heterocycles. The number of aliphatic hydroxyl groups excluding tert-OH is 1. The lowest BCUT2D eigenvalue weighted by Gasteiger charge is -2.14. The SMILES string of the molecule is C[C@H](O)[C@@H](N)c1ccccc1. The minimum Gasteiger partial charge on any atom is -0.391 e. The quantitative estimate of drug-likeness (QED) is 0.664. The monoisotopic (exact) mass is 151 g/mol. The molecule has 0 amide bonds. The summed E-state index contributed by atoms with van der Waals surface area (Å²) < 4.78 is 0. The van der Waals surface area contributed by atoms with Gasteiger partial charge in [0, 0.05) is 0 Å². The molecule has 1 aromatic carbocycles. The van der Waals surface area contributed by atoms with Crippen LogP contribution in [0.3, 0.4) is 0 Å². The maximum atomic E-state index is 9.15. The third-order valence-electron chi connectivity index (χ3n) is 1.70. The standard InChI is InChI=1S/C9H13NO/c1-7(11)9(10)8-5-3-2-4-6-8/h2-7,9,11H,10H2,1H3/t7-,9+/m0/s1. The van der Waals surface area contributed by atoms with Crippen LogP contribution in [0.5, 0.6) is 0 Å². The van der Waals surface area contributed by atoms with Gasteiger partial charge in [0.15, 0.2) is 0 Å². The van der Waals surface area contributed by atoms with E-state index in [1.165, 1.54) is 0 Å². The van der Waals surface area contributed by atoms with Gasteiger partial charge in [-0.25, -0.2) is 0 Å². The Balaban J connectivity index is 2.77. The van der Waals surface area contributed by atoms with Crippen molar-refractivity contribution >= 4 is 0 Å². The fourth-order valence-corrected chi connectivity index (χ4v) is 0.954. The molecule has 60 valence electrons. The molecule has 0 radical (unpaired) electrons. The number of aliphatic hydroxyl groups is 1. The first-order valence-corrected chi connectivity index (χ1v) is 3.70. The highest BCUT2D eigenvalue weighted by Gasteiger charge is 2.09. The normalized spacial score (nSPS) is 15.9. The zero-order valence-corrected chi connectivity index (χ0v) is 6.57. The second-order valence-corrected chi connectivity index (χ2v) is 2.68. The van der Waals surface area contributed by atoms with Crippen molar-refractivity contribution in [1.82, 2.24) is 0 Å². The van der Waals surface area contributed by atoms with Crippen molar-refractivity contribution < 1.29 is 5.11 Å². The lowest BCUT2D eigenvalue weighted by Crippen LogP contribution is -2.22. The van der Waals surface area contributed by atoms with Crippen LogP contribution < -0.4 is 5.73 Å². The molecule has 0 aliphatic heterocycles. The van der Waals surface area contributed by atoms with Crippen LogP contribution in [-0.2, 0) is 0 Å². The number of benzene rings is 1. The second kappa shape index (κ2) is 3.51. The Morgan fingerprint density at radius 1 is 1.27 bits per heavy atom. The van der Waals surface area contributed by atoms with E-state index in [9.17, 15) is 0 Å². The number of rotatable bonds is 2. The smallest absolute Gasteiger partial charge is 0.0704 e. The van der Waals surface area contributed by atoms with E-state index in [-0.39, 0.29) is 6.04 Å². The van der Waals surface area contributed by atoms with Gasteiger partial charge in [-0.05, 0) is 12.5 Å². The van der Waals surface area contributed by atoms with Gasteiger partial charge in [0.25, 0.3) is 0 Å². The van der Waals surface area contributed by atoms with E-state index in [2.05, 4.69) is 0 Å². The molecule has 1 rings (SSSR count). The predicted molar refractivity (Wildman–Crippen MR) is 45.1 cm³/mol. The molecule has 0 saturated carbocycles. The van der Waals surface area contributed by atoms with Crippen molar-refractivity contribution in [3.05, 3.63) is 35.9 Å². The van der Waals surface area contributed by atoms with Crippen LogP contribution in [0.25, 0.3) is 0 Å². The third kappa shape index (κ3) is 2.03. The summed E-state index contributed by atoms with van der Waals surface area (Å²) in [6.07, 6.45) is -0.489. The Morgan fingerprint density at radius 2 is 1.82 bits per heavy atom. The van der Waals surface area contributed by atoms with Crippen LogP contribution in [0, 0.1) is 0 Å². The molecule has 2 nitrogen and oxygen atoms in total. The van der Waals surface area contributed by atoms with E-state index < -0.39 is 6.10 Å². The summed E-state index contributed by atoms with van der Waals surface area (Å²) in [4.78, 5) is 0. The average molecular weight is 151 g/mol. The molecule has 0 spiro atoms. The van der Waals surface area contributed by atoms with Crippen LogP contribution in [0.15, 0.2) is 30.3 Å². The largest absolute Gasteiger partial charge is 0.391 e. The molecule has 0 aliphatic carbocycles. The van der Waals surface area contributed by atoms with Crippen molar-refractivity contribution in [2.75, 3.05) is 0 Å². The molecule has 2 heteroatoms. The van der Waals surface area contributed by atoms with Gasteiger partial charge in [-0.2, -0.15) is 0 Å². The van der Waals surface area contributed by atoms with Crippen LogP contribution in [0.2, 0.25) is 0 Å². The fraction of sp³-hybridized carbons (Fsp3) is 0.333. The van der Waals surface area contributed by atoms with E-state index in [0.29, 0.717) is 0 Å². The minimum absolute atomic E-state index is 0.267. The molecule has 0 bridgehead atoms. The number of hydrogen-bond donors (Lipinski definition) is 2. The summed E-state index contributed by atoms with van der Waals surface area (Å²) in [6, 6.07) is 9.32. The van der Waals surface area contributed by atoms with Crippen molar-refractivity contribution in [3.8, 4) is 0 Å². The van der Waals surface area contributed by atoms with Crippen LogP contribution in [-0.4, -0.2) is 11.2 Å². The fourth-order valence-electron chi connectivity index (χ4n) is 0.954. The van der Waals surface area contributed by atoms with Crippen molar-refractivity contribution in [2.45, 2.75) is 19.1 Å². The van der Waals surface area contributed by atoms with Gasteiger partial charge in [0.1, 0.15) is 0 Å². The highest BCUT2D eigenvalue weighted by molar-refractivity contribution is 5.19. The Morgan fingerprint density at radius 3 is 2.27 bits per heavy atom. The molecule has 0 fully saturated rings. The highest BCUT2D eigenvalue weighted by atomic mass is 16.3. The van der Waals surface area contributed by atoms with Crippen LogP contribution >= 0.6 is 0 Å². The van der Waals surface area contributed by atoms with E-state index in [0.717, 1.165) is 5.56 Å². The Kier molecular flexibility index (Phi) is 2.63. The van der Waals surface area contributed by atoms with E-state index >= 15 is 0 Å². The van der Waals surface area contributed by atoms with E-state index in [1.807, 2.05) is 30.3 Å². The first-order chi connectivity index (χ1) is 5.22. The minimum atomic E-state index is -0.489. The zero-order valence-electron chi connectivity index (χ0n) is 6.57. The van der Waals surface area contributed by atoms with E-state index in [4.69, 9.17) is 10.8 Å². The van der Waals surface area contributed by atoms with Gasteiger partial charge in [-0.1, -0.05) is 30.3 Å². The maximum Gasteiger partial charge on any atom is 0.0704 e. The molecule has 0 aliphatic rings. The third-order valence-corrected chi connectivity index (χ3v) is 1.70. The Hall–Kier alpha value is -0.860. The molecule has 1 aromatic rings. The van der Waals surface area contributed by atoms with Gasteiger partial charge >= 0.3 is 0 Å². The molecule has 0 unspecified atom stereocenters. The first-order valence-electron chi connectivity index (χ1n) is 3.70. The topological polar surface area (TPSA) is 46.2 Å². The molecular formula is C9H13NO. The lowest BCUT2D eigenvalue weighted by molar-refractivity contribution is 0.164. The highest BCUT2D eigenvalue weighted by Crippen LogP contribution is 2.12. The molecule has 0 aromatic heterocycles. The van der Waals surface area contributed by atoms with Crippen molar-refractivity contribution in [1.29, 1.82) is 0 Å². The van der Waals surface area contributed by atoms with Gasteiger partial charge < -0.3 is 10.8 Å². The van der Waals surface area contributed by atoms with Crippen molar-refractivity contribution in [3.63, 3.8) is 0 Å². The molecular weight excluding hydrogens is 138 g/mol. The number of hydrogen-bond acceptors (Lipinski definition) is 2. The summed E-state index contributed by atoms with van der Waals surface area (Å²) in [5.74, 6) is 0. The second-order valence-electron chi connectivity index (χ2n) is 2.68. The van der Waals surface area contributed by atoms with Gasteiger partial charge in [0.2, 0.25) is 0 Å². The summed E-state index contributed by atoms with van der Waals surface area (Å²) in [6.45, 7) is 1.69. The number of nitrogens with two attached hydrogens (primary N) is 1.